The Morgan fingerprint density at radius 2 is 1.42 bits per heavy atom. The summed E-state index contributed by atoms with van der Waals surface area (Å²) in [6, 6.07) is 26.8. The minimum Gasteiger partial charge on any atom is -0.467 e. The number of fused-ring (bicyclic) bond motifs is 1. The average Bonchev–Trinajstić information content (AvgIpc) is 4.06. The van der Waals surface area contributed by atoms with Gasteiger partial charge in [0.15, 0.2) is 0 Å². The van der Waals surface area contributed by atoms with E-state index in [0.717, 1.165) is 108 Å². The van der Waals surface area contributed by atoms with Crippen LogP contribution in [-0.2, 0) is 30.1 Å². The number of carbonyl (C=O) groups excluding carboxylic acids is 3. The highest BCUT2D eigenvalue weighted by atomic mass is 16.5. The van der Waals surface area contributed by atoms with E-state index >= 15 is 0 Å². The Bertz CT molecular complexity index is 3220. The summed E-state index contributed by atoms with van der Waals surface area (Å²) >= 11 is 0. The monoisotopic (exact) mass is 954 g/mol. The maximum absolute atomic E-state index is 13.9. The number of urea groups is 1. The summed E-state index contributed by atoms with van der Waals surface area (Å²) in [6.07, 6.45) is 11.1. The van der Waals surface area contributed by atoms with Gasteiger partial charge >= 0.3 is 17.7 Å². The predicted octanol–water partition coefficient (Wildman–Crippen LogP) is 7.25. The maximum atomic E-state index is 13.9. The molecule has 4 saturated heterocycles. The van der Waals surface area contributed by atoms with Gasteiger partial charge in [-0.25, -0.2) is 23.8 Å². The van der Waals surface area contributed by atoms with E-state index in [0.29, 0.717) is 55.7 Å². The Balaban J connectivity index is 0.811. The molecule has 4 amide bonds. The standard InChI is InChI=1S/C54H58N12O5/c1-5-40-42(19-25-56-50(40)65-31-30-64(54(65)70)39-8-7-24-55-33-39)41-16-15-38(66-52(71-4)59-61(3)53(66)69)32-45(41)36-11-13-37(14-12-36)62-26-20-34(21-27-62)35-22-28-63(29-23-35)46-10-6-9-43-48(58-60(2)49(43)46)44-17-18-47(67)57-51(44)68/h6-16,19,24-25,32-35,44H,5,17-18,20-23,26-31H2,1-4H3,(H,57,67,68). The molecule has 0 spiro atoms. The van der Waals surface area contributed by atoms with Crippen LogP contribution in [0.2, 0.25) is 0 Å². The van der Waals surface area contributed by atoms with E-state index in [-0.39, 0.29) is 29.5 Å². The normalized spacial score (nSPS) is 18.3. The number of benzene rings is 3. The first kappa shape index (κ1) is 45.6. The van der Waals surface area contributed by atoms with Gasteiger partial charge in [-0.05, 0) is 121 Å². The van der Waals surface area contributed by atoms with Gasteiger partial charge in [0.1, 0.15) is 5.82 Å². The molecule has 3 aromatic carbocycles. The summed E-state index contributed by atoms with van der Waals surface area (Å²) in [5.41, 5.74) is 9.95. The molecule has 17 heteroatoms. The zero-order valence-corrected chi connectivity index (χ0v) is 40.6. The van der Waals surface area contributed by atoms with Gasteiger partial charge < -0.3 is 14.5 Å². The molecule has 1 N–H and O–H groups in total. The van der Waals surface area contributed by atoms with Crippen LogP contribution in [0, 0.1) is 11.8 Å². The zero-order chi connectivity index (χ0) is 48.9. The molecule has 1 atom stereocenters. The van der Waals surface area contributed by atoms with E-state index in [9.17, 15) is 19.2 Å². The Hall–Kier alpha value is -7.82. The topological polar surface area (TPSA) is 169 Å². The van der Waals surface area contributed by atoms with E-state index < -0.39 is 5.92 Å². The number of hydrogen-bond acceptors (Lipinski definition) is 11. The third-order valence-corrected chi connectivity index (χ3v) is 15.3. The molecular weight excluding hydrogens is 897 g/mol. The van der Waals surface area contributed by atoms with E-state index in [4.69, 9.17) is 14.8 Å². The smallest absolute Gasteiger partial charge is 0.353 e. The fraction of sp³-hybridized carbons (Fsp3) is 0.370. The second-order valence-corrected chi connectivity index (χ2v) is 19.2. The lowest BCUT2D eigenvalue weighted by atomic mass is 9.78. The number of nitrogens with one attached hydrogen (secondary N) is 1. The average molecular weight is 955 g/mol. The fourth-order valence-corrected chi connectivity index (χ4v) is 11.6. The van der Waals surface area contributed by atoms with Gasteiger partial charge in [0.25, 0.3) is 0 Å². The predicted molar refractivity (Wildman–Crippen MR) is 273 cm³/mol. The van der Waals surface area contributed by atoms with E-state index in [1.807, 2.05) is 48.1 Å². The van der Waals surface area contributed by atoms with Crippen LogP contribution in [0.1, 0.15) is 62.6 Å². The van der Waals surface area contributed by atoms with Crippen molar-refractivity contribution in [2.75, 3.05) is 66.0 Å². The molecule has 8 heterocycles. The first-order valence-corrected chi connectivity index (χ1v) is 24.8. The van der Waals surface area contributed by atoms with Crippen LogP contribution in [0.25, 0.3) is 38.8 Å². The number of methoxy groups -OCH3 is 1. The number of imide groups is 1. The van der Waals surface area contributed by atoms with Gasteiger partial charge in [0.2, 0.25) is 11.8 Å². The third-order valence-electron chi connectivity index (χ3n) is 15.3. The van der Waals surface area contributed by atoms with Gasteiger partial charge in [0.05, 0.1) is 47.5 Å². The number of pyridine rings is 2. The summed E-state index contributed by atoms with van der Waals surface area (Å²) < 4.78 is 10.2. The number of para-hydroxylation sites is 1. The molecule has 4 aliphatic heterocycles. The molecule has 7 aromatic rings. The fourth-order valence-electron chi connectivity index (χ4n) is 11.6. The van der Waals surface area contributed by atoms with Crippen LogP contribution in [-0.4, -0.2) is 98.3 Å². The molecule has 0 radical (unpaired) electrons. The number of aryl methyl sites for hydroxylation is 2. The number of anilines is 4. The highest BCUT2D eigenvalue weighted by Gasteiger charge is 2.36. The summed E-state index contributed by atoms with van der Waals surface area (Å²) in [6.45, 7) is 7.01. The summed E-state index contributed by atoms with van der Waals surface area (Å²) in [7, 11) is 5.07. The van der Waals surface area contributed by atoms with Crippen LogP contribution in [0.5, 0.6) is 6.01 Å². The number of carbonyl (C=O) groups is 3. The summed E-state index contributed by atoms with van der Waals surface area (Å²) in [4.78, 5) is 69.6. The van der Waals surface area contributed by atoms with Crippen molar-refractivity contribution in [1.29, 1.82) is 0 Å². The second-order valence-electron chi connectivity index (χ2n) is 19.2. The number of hydrogen-bond donors (Lipinski definition) is 1. The van der Waals surface area contributed by atoms with Gasteiger partial charge in [-0.1, -0.05) is 37.3 Å². The molecular formula is C54H58N12O5. The van der Waals surface area contributed by atoms with Crippen molar-refractivity contribution in [3.63, 3.8) is 0 Å². The first-order valence-electron chi connectivity index (χ1n) is 24.8. The van der Waals surface area contributed by atoms with E-state index in [2.05, 4.69) is 74.6 Å². The van der Waals surface area contributed by atoms with E-state index in [1.54, 1.807) is 35.4 Å². The molecule has 4 fully saturated rings. The number of ether oxygens (including phenoxy) is 1. The van der Waals surface area contributed by atoms with Crippen LogP contribution in [0.15, 0.2) is 102 Å². The first-order chi connectivity index (χ1) is 34.6. The van der Waals surface area contributed by atoms with Crippen molar-refractivity contribution in [2.24, 2.45) is 25.9 Å². The second kappa shape index (κ2) is 18.8. The van der Waals surface area contributed by atoms with Crippen molar-refractivity contribution >= 4 is 51.6 Å². The molecule has 11 rings (SSSR count). The van der Waals surface area contributed by atoms with Crippen molar-refractivity contribution in [3.05, 3.63) is 119 Å². The van der Waals surface area contributed by atoms with E-state index in [1.165, 1.54) is 22.0 Å². The molecule has 1 unspecified atom stereocenters. The lowest BCUT2D eigenvalue weighted by molar-refractivity contribution is -0.134. The number of piperidine rings is 3. The Morgan fingerprint density at radius 1 is 0.690 bits per heavy atom. The number of aromatic nitrogens is 7. The lowest BCUT2D eigenvalue weighted by Gasteiger charge is -2.41. The zero-order valence-electron chi connectivity index (χ0n) is 40.6. The highest BCUT2D eigenvalue weighted by molar-refractivity contribution is 6.07. The molecule has 364 valence electrons. The van der Waals surface area contributed by atoms with Crippen molar-refractivity contribution in [2.45, 2.75) is 57.8 Å². The highest BCUT2D eigenvalue weighted by Crippen LogP contribution is 2.42. The number of nitrogens with zero attached hydrogens (tertiary/aromatic N) is 11. The Kier molecular flexibility index (Phi) is 12.1. The molecule has 71 heavy (non-hydrogen) atoms. The van der Waals surface area contributed by atoms with Gasteiger partial charge in [-0.15, -0.1) is 5.10 Å². The minimum atomic E-state index is -0.426. The van der Waals surface area contributed by atoms with Crippen molar-refractivity contribution in [3.8, 4) is 34.0 Å². The van der Waals surface area contributed by atoms with Crippen LogP contribution < -0.4 is 35.3 Å². The molecule has 4 aromatic heterocycles. The molecule has 0 saturated carbocycles. The van der Waals surface area contributed by atoms with Crippen LogP contribution in [0.3, 0.4) is 0 Å². The van der Waals surface area contributed by atoms with Crippen molar-refractivity contribution in [1.82, 2.24) is 39.4 Å². The van der Waals surface area contributed by atoms with Gasteiger partial charge in [-0.3, -0.25) is 34.4 Å². The Labute approximate surface area is 411 Å². The largest absolute Gasteiger partial charge is 0.467 e. The van der Waals surface area contributed by atoms with Crippen molar-refractivity contribution < 1.29 is 19.1 Å². The Morgan fingerprint density at radius 3 is 2.13 bits per heavy atom. The molecule has 17 nitrogen and oxygen atoms in total. The number of amides is 4. The van der Waals surface area contributed by atoms with Crippen LogP contribution >= 0.6 is 0 Å². The van der Waals surface area contributed by atoms with Crippen LogP contribution in [0.4, 0.5) is 27.7 Å². The lowest BCUT2D eigenvalue weighted by Crippen LogP contribution is -2.41. The number of rotatable bonds is 11. The van der Waals surface area contributed by atoms with Gasteiger partial charge in [-0.2, -0.15) is 5.10 Å². The third kappa shape index (κ3) is 8.25. The minimum absolute atomic E-state index is 0.138. The molecule has 0 bridgehead atoms. The molecule has 4 aliphatic rings. The summed E-state index contributed by atoms with van der Waals surface area (Å²) in [5.74, 6) is 1.04. The van der Waals surface area contributed by atoms with Gasteiger partial charge in [0, 0.05) is 88.8 Å². The quantitative estimate of drug-likeness (QED) is 0.130. The maximum Gasteiger partial charge on any atom is 0.353 e. The summed E-state index contributed by atoms with van der Waals surface area (Å²) in [5, 5.41) is 12.6. The molecule has 0 aliphatic carbocycles. The SMILES string of the molecule is CCc1c(-c2ccc(-n3c(OC)nn(C)c3=O)cc2-c2ccc(N3CCC(C4CCN(c5cccc6c(C7CCC(=O)NC7=O)nn(C)c56)CC4)CC3)cc2)ccnc1N1CCN(c2cccnc2)C1=O.